The number of aryl methyl sites for hydroxylation is 1. The van der Waals surface area contributed by atoms with Crippen LogP contribution >= 0.6 is 0 Å². The van der Waals surface area contributed by atoms with E-state index in [9.17, 15) is 19.5 Å². The first-order chi connectivity index (χ1) is 15.3. The van der Waals surface area contributed by atoms with Crippen LogP contribution in [0.1, 0.15) is 34.0 Å². The normalized spacial score (nSPS) is 13.4. The molecule has 1 heterocycles. The molecule has 0 saturated heterocycles. The number of carbonyl (C=O) groups excluding carboxylic acids is 3. The van der Waals surface area contributed by atoms with E-state index in [0.717, 1.165) is 5.56 Å². The van der Waals surface area contributed by atoms with E-state index in [4.69, 9.17) is 0 Å². The molecule has 4 N–H and O–H groups in total. The molecule has 32 heavy (non-hydrogen) atoms. The Balaban J connectivity index is 1.60. The predicted octanol–water partition coefficient (Wildman–Crippen LogP) is 4.30. The highest BCUT2D eigenvalue weighted by Crippen LogP contribution is 2.33. The summed E-state index contributed by atoms with van der Waals surface area (Å²) in [6.07, 6.45) is 1.56. The van der Waals surface area contributed by atoms with Gasteiger partial charge in [-0.25, -0.2) is 0 Å². The third kappa shape index (κ3) is 4.22. The molecule has 4 rings (SSSR count). The van der Waals surface area contributed by atoms with Crippen LogP contribution in [0.3, 0.4) is 0 Å². The van der Waals surface area contributed by atoms with Crippen LogP contribution in [-0.2, 0) is 9.59 Å². The SMILES string of the molecule is CC(=O)Nc1ccc(C(=O)c2ccc3c(c2)/C(=C\Nc2ccc(C)c(O)c2)C(=O)N3)cc1. The Kier molecular flexibility index (Phi) is 5.47. The van der Waals surface area contributed by atoms with Crippen LogP contribution in [0, 0.1) is 6.92 Å². The number of hydrogen-bond acceptors (Lipinski definition) is 5. The van der Waals surface area contributed by atoms with Crippen LogP contribution in [0.25, 0.3) is 5.57 Å². The maximum absolute atomic E-state index is 13.0. The minimum absolute atomic E-state index is 0.155. The minimum atomic E-state index is -0.284. The van der Waals surface area contributed by atoms with Crippen molar-refractivity contribution < 1.29 is 19.5 Å². The number of amides is 2. The molecule has 7 nitrogen and oxygen atoms in total. The molecule has 0 spiro atoms. The van der Waals surface area contributed by atoms with Crippen LogP contribution in [0.4, 0.5) is 17.1 Å². The molecule has 1 aliphatic heterocycles. The van der Waals surface area contributed by atoms with Crippen molar-refractivity contribution in [2.45, 2.75) is 13.8 Å². The maximum atomic E-state index is 13.0. The second-order valence-electron chi connectivity index (χ2n) is 7.51. The van der Waals surface area contributed by atoms with Crippen molar-refractivity contribution in [3.05, 3.63) is 89.1 Å². The lowest BCUT2D eigenvalue weighted by molar-refractivity contribution is -0.114. The van der Waals surface area contributed by atoms with Gasteiger partial charge in [-0.15, -0.1) is 0 Å². The summed E-state index contributed by atoms with van der Waals surface area (Å²) >= 11 is 0. The van der Waals surface area contributed by atoms with Crippen molar-refractivity contribution in [3.8, 4) is 5.75 Å². The molecule has 0 aromatic heterocycles. The topological polar surface area (TPSA) is 108 Å². The maximum Gasteiger partial charge on any atom is 0.257 e. The van der Waals surface area contributed by atoms with Gasteiger partial charge in [-0.1, -0.05) is 6.07 Å². The fraction of sp³-hybridized carbons (Fsp3) is 0.0800. The monoisotopic (exact) mass is 427 g/mol. The standard InChI is InChI=1S/C25H21N3O4/c1-14-3-7-19(12-23(14)30)26-13-21-20-11-17(6-10-22(20)28-25(21)32)24(31)16-4-8-18(9-5-16)27-15(2)29/h3-13,26,30H,1-2H3,(H,27,29)(H,28,32)/b21-13+. The van der Waals surface area contributed by atoms with Gasteiger partial charge in [-0.05, 0) is 61.0 Å². The Labute approximate surface area is 184 Å². The van der Waals surface area contributed by atoms with Crippen molar-refractivity contribution in [1.29, 1.82) is 0 Å². The molecule has 0 fully saturated rings. The zero-order chi connectivity index (χ0) is 22.8. The van der Waals surface area contributed by atoms with Crippen LogP contribution in [-0.4, -0.2) is 22.7 Å². The lowest BCUT2D eigenvalue weighted by Crippen LogP contribution is -2.06. The first-order valence-corrected chi connectivity index (χ1v) is 9.96. The highest BCUT2D eigenvalue weighted by atomic mass is 16.3. The Morgan fingerprint density at radius 2 is 1.62 bits per heavy atom. The summed E-state index contributed by atoms with van der Waals surface area (Å²) in [7, 11) is 0. The van der Waals surface area contributed by atoms with E-state index < -0.39 is 0 Å². The number of ketones is 1. The molecule has 0 aliphatic carbocycles. The lowest BCUT2D eigenvalue weighted by atomic mass is 9.98. The smallest absolute Gasteiger partial charge is 0.257 e. The van der Waals surface area contributed by atoms with Crippen molar-refractivity contribution in [1.82, 2.24) is 0 Å². The van der Waals surface area contributed by atoms with E-state index in [1.807, 2.05) is 0 Å². The van der Waals surface area contributed by atoms with E-state index >= 15 is 0 Å². The Morgan fingerprint density at radius 3 is 2.31 bits per heavy atom. The first kappa shape index (κ1) is 20.9. The summed E-state index contributed by atoms with van der Waals surface area (Å²) in [4.78, 5) is 36.6. The van der Waals surface area contributed by atoms with Gasteiger partial charge in [-0.2, -0.15) is 0 Å². The van der Waals surface area contributed by atoms with Crippen LogP contribution in [0.15, 0.2) is 66.9 Å². The van der Waals surface area contributed by atoms with Gasteiger partial charge in [0.2, 0.25) is 5.91 Å². The molecular weight excluding hydrogens is 406 g/mol. The van der Waals surface area contributed by atoms with Crippen molar-refractivity contribution >= 4 is 40.2 Å². The number of nitrogens with one attached hydrogen (secondary N) is 3. The summed E-state index contributed by atoms with van der Waals surface area (Å²) in [5.74, 6) is -0.513. The summed E-state index contributed by atoms with van der Waals surface area (Å²) in [5.41, 5.74) is 4.51. The molecule has 0 saturated carbocycles. The molecule has 1 aliphatic rings. The van der Waals surface area contributed by atoms with Gasteiger partial charge in [0.05, 0.1) is 5.57 Å². The Hall–Kier alpha value is -4.39. The predicted molar refractivity (Wildman–Crippen MR) is 124 cm³/mol. The molecule has 0 atom stereocenters. The van der Waals surface area contributed by atoms with Gasteiger partial charge in [0.15, 0.2) is 5.78 Å². The Morgan fingerprint density at radius 1 is 0.938 bits per heavy atom. The van der Waals surface area contributed by atoms with Gasteiger partial charge in [0.1, 0.15) is 5.75 Å². The molecule has 0 bridgehead atoms. The lowest BCUT2D eigenvalue weighted by Gasteiger charge is -2.07. The average molecular weight is 427 g/mol. The van der Waals surface area contributed by atoms with Gasteiger partial charge in [-0.3, -0.25) is 14.4 Å². The number of fused-ring (bicyclic) bond motifs is 1. The van der Waals surface area contributed by atoms with Gasteiger partial charge >= 0.3 is 0 Å². The third-order valence-electron chi connectivity index (χ3n) is 5.12. The molecule has 7 heteroatoms. The van der Waals surface area contributed by atoms with E-state index in [1.54, 1.807) is 73.8 Å². The fourth-order valence-electron chi connectivity index (χ4n) is 3.40. The number of aromatic hydroxyl groups is 1. The molecule has 160 valence electrons. The van der Waals surface area contributed by atoms with Crippen LogP contribution < -0.4 is 16.0 Å². The third-order valence-corrected chi connectivity index (χ3v) is 5.12. The zero-order valence-electron chi connectivity index (χ0n) is 17.5. The van der Waals surface area contributed by atoms with E-state index in [-0.39, 0.29) is 23.3 Å². The Bertz CT molecular complexity index is 1280. The summed E-state index contributed by atoms with van der Waals surface area (Å²) < 4.78 is 0. The summed E-state index contributed by atoms with van der Waals surface area (Å²) in [6.45, 7) is 3.21. The van der Waals surface area contributed by atoms with Crippen molar-refractivity contribution in [2.24, 2.45) is 0 Å². The fourth-order valence-corrected chi connectivity index (χ4v) is 3.40. The number of rotatable bonds is 5. The zero-order valence-corrected chi connectivity index (χ0v) is 17.5. The quantitative estimate of drug-likeness (QED) is 0.359. The van der Waals surface area contributed by atoms with Gasteiger partial charge in [0.25, 0.3) is 5.91 Å². The van der Waals surface area contributed by atoms with Crippen molar-refractivity contribution in [2.75, 3.05) is 16.0 Å². The van der Waals surface area contributed by atoms with Crippen LogP contribution in [0.2, 0.25) is 0 Å². The minimum Gasteiger partial charge on any atom is -0.508 e. The number of phenolic OH excluding ortho intramolecular Hbond substituents is 1. The number of anilines is 3. The number of phenols is 1. The molecule has 3 aromatic carbocycles. The molecule has 0 unspecified atom stereocenters. The molecule has 3 aromatic rings. The van der Waals surface area contributed by atoms with Gasteiger partial charge < -0.3 is 21.1 Å². The number of hydrogen-bond donors (Lipinski definition) is 4. The van der Waals surface area contributed by atoms with Crippen LogP contribution in [0.5, 0.6) is 5.75 Å². The van der Waals surface area contributed by atoms with Crippen molar-refractivity contribution in [3.63, 3.8) is 0 Å². The highest BCUT2D eigenvalue weighted by Gasteiger charge is 2.25. The van der Waals surface area contributed by atoms with E-state index in [2.05, 4.69) is 16.0 Å². The molecule has 2 amide bonds. The summed E-state index contributed by atoms with van der Waals surface area (Å²) in [6, 6.07) is 16.8. The highest BCUT2D eigenvalue weighted by molar-refractivity contribution is 6.32. The first-order valence-electron chi connectivity index (χ1n) is 9.96. The van der Waals surface area contributed by atoms with E-state index in [1.165, 1.54) is 6.92 Å². The number of benzene rings is 3. The van der Waals surface area contributed by atoms with Gasteiger partial charge in [0, 0.05) is 52.9 Å². The number of carbonyl (C=O) groups is 3. The molecule has 0 radical (unpaired) electrons. The second kappa shape index (κ2) is 8.39. The largest absolute Gasteiger partial charge is 0.508 e. The second-order valence-corrected chi connectivity index (χ2v) is 7.51. The molecular formula is C25H21N3O4. The summed E-state index contributed by atoms with van der Waals surface area (Å²) in [5, 5.41) is 18.3. The average Bonchev–Trinajstić information content (AvgIpc) is 3.08. The van der Waals surface area contributed by atoms with E-state index in [0.29, 0.717) is 39.3 Å².